The van der Waals surface area contributed by atoms with E-state index < -0.39 is 0 Å². The first kappa shape index (κ1) is 12.9. The van der Waals surface area contributed by atoms with Crippen molar-refractivity contribution in [1.82, 2.24) is 0 Å². The van der Waals surface area contributed by atoms with Crippen LogP contribution in [0.15, 0.2) is 24.3 Å². The molecule has 2 N–H and O–H groups in total. The van der Waals surface area contributed by atoms with Crippen LogP contribution >= 0.6 is 11.6 Å². The first-order valence-corrected chi connectivity index (χ1v) is 6.88. The van der Waals surface area contributed by atoms with Crippen molar-refractivity contribution in [3.63, 3.8) is 0 Å². The van der Waals surface area contributed by atoms with Crippen molar-refractivity contribution in [1.29, 1.82) is 0 Å². The average Bonchev–Trinajstić information content (AvgIpc) is 2.13. The third-order valence-electron chi connectivity index (χ3n) is 3.76. The summed E-state index contributed by atoms with van der Waals surface area (Å²) < 4.78 is 0. The summed E-state index contributed by atoms with van der Waals surface area (Å²) >= 11 is 6.02. The summed E-state index contributed by atoms with van der Waals surface area (Å²) in [5, 5.41) is 0.808. The van der Waals surface area contributed by atoms with Crippen molar-refractivity contribution in [2.24, 2.45) is 17.6 Å². The Morgan fingerprint density at radius 1 is 1.29 bits per heavy atom. The maximum Gasteiger partial charge on any atom is 0.0408 e. The van der Waals surface area contributed by atoms with Gasteiger partial charge in [-0.05, 0) is 55.2 Å². The van der Waals surface area contributed by atoms with Crippen LogP contribution in [0.25, 0.3) is 0 Å². The van der Waals surface area contributed by atoms with Crippen LogP contribution in [0, 0.1) is 11.8 Å². The summed E-state index contributed by atoms with van der Waals surface area (Å²) in [6.07, 6.45) is 4.52. The Morgan fingerprint density at radius 2 is 1.94 bits per heavy atom. The second-order valence-electron chi connectivity index (χ2n) is 6.02. The summed E-state index contributed by atoms with van der Waals surface area (Å²) in [7, 11) is 0. The molecule has 0 aromatic heterocycles. The average molecular weight is 252 g/mol. The summed E-state index contributed by atoms with van der Waals surface area (Å²) in [6.45, 7) is 4.63. The Morgan fingerprint density at radius 3 is 2.53 bits per heavy atom. The quantitative estimate of drug-likeness (QED) is 0.844. The first-order valence-electron chi connectivity index (χ1n) is 6.50. The molecule has 1 aromatic rings. The van der Waals surface area contributed by atoms with Crippen molar-refractivity contribution >= 4 is 11.6 Å². The largest absolute Gasteiger partial charge is 0.325 e. The third-order valence-corrected chi connectivity index (χ3v) is 4.00. The van der Waals surface area contributed by atoms with Crippen molar-refractivity contribution in [2.75, 3.05) is 0 Å². The molecule has 0 saturated heterocycles. The van der Waals surface area contributed by atoms with Gasteiger partial charge in [-0.25, -0.2) is 0 Å². The molecule has 0 bridgehead atoms. The standard InChI is InChI=1S/C15H22ClN/c1-11-6-12(2)9-15(17,8-11)10-13-4-3-5-14(16)7-13/h3-5,7,11-12H,6,8-10,17H2,1-2H3. The van der Waals surface area contributed by atoms with Crippen LogP contribution < -0.4 is 5.73 Å². The zero-order chi connectivity index (χ0) is 12.5. The molecule has 1 aliphatic rings. The Labute approximate surface area is 109 Å². The van der Waals surface area contributed by atoms with Crippen molar-refractivity contribution < 1.29 is 0 Å². The normalized spacial score (nSPS) is 33.6. The van der Waals surface area contributed by atoms with Gasteiger partial charge in [0.1, 0.15) is 0 Å². The first-order chi connectivity index (χ1) is 7.97. The fraction of sp³-hybridized carbons (Fsp3) is 0.600. The lowest BCUT2D eigenvalue weighted by molar-refractivity contribution is 0.182. The van der Waals surface area contributed by atoms with Gasteiger partial charge < -0.3 is 5.73 Å². The second kappa shape index (κ2) is 4.99. The molecule has 1 aliphatic carbocycles. The summed E-state index contributed by atoms with van der Waals surface area (Å²) in [5.41, 5.74) is 7.80. The SMILES string of the molecule is CC1CC(C)CC(N)(Cc2cccc(Cl)c2)C1. The number of hydrogen-bond donors (Lipinski definition) is 1. The van der Waals surface area contributed by atoms with E-state index in [0.29, 0.717) is 0 Å². The molecule has 0 heterocycles. The van der Waals surface area contributed by atoms with E-state index in [1.807, 2.05) is 18.2 Å². The molecule has 0 amide bonds. The smallest absolute Gasteiger partial charge is 0.0408 e. The van der Waals surface area contributed by atoms with Crippen LogP contribution in [0.4, 0.5) is 0 Å². The van der Waals surface area contributed by atoms with E-state index in [9.17, 15) is 0 Å². The van der Waals surface area contributed by atoms with Gasteiger partial charge in [0.05, 0.1) is 0 Å². The van der Waals surface area contributed by atoms with Crippen LogP contribution in [-0.4, -0.2) is 5.54 Å². The van der Waals surface area contributed by atoms with Crippen LogP contribution in [0.1, 0.15) is 38.7 Å². The Kier molecular flexibility index (Phi) is 3.79. The fourth-order valence-corrected chi connectivity index (χ4v) is 3.74. The highest BCUT2D eigenvalue weighted by molar-refractivity contribution is 6.30. The van der Waals surface area contributed by atoms with Gasteiger partial charge in [0.25, 0.3) is 0 Å². The molecule has 2 heteroatoms. The van der Waals surface area contributed by atoms with E-state index in [1.165, 1.54) is 12.0 Å². The number of nitrogens with two attached hydrogens (primary N) is 1. The molecule has 94 valence electrons. The lowest BCUT2D eigenvalue weighted by Crippen LogP contribution is -2.48. The number of hydrogen-bond acceptors (Lipinski definition) is 1. The van der Waals surface area contributed by atoms with Crippen LogP contribution in [0.2, 0.25) is 5.02 Å². The predicted molar refractivity (Wildman–Crippen MR) is 74.3 cm³/mol. The molecule has 2 atom stereocenters. The molecule has 0 spiro atoms. The zero-order valence-corrected chi connectivity index (χ0v) is 11.5. The molecule has 2 rings (SSSR count). The van der Waals surface area contributed by atoms with Gasteiger partial charge in [0.15, 0.2) is 0 Å². The summed E-state index contributed by atoms with van der Waals surface area (Å²) in [5.74, 6) is 1.48. The third kappa shape index (κ3) is 3.46. The Hall–Kier alpha value is -0.530. The van der Waals surface area contributed by atoms with Gasteiger partial charge in [-0.3, -0.25) is 0 Å². The lowest BCUT2D eigenvalue weighted by Gasteiger charge is -2.40. The van der Waals surface area contributed by atoms with E-state index in [4.69, 9.17) is 17.3 Å². The van der Waals surface area contributed by atoms with Crippen molar-refractivity contribution in [3.05, 3.63) is 34.9 Å². The topological polar surface area (TPSA) is 26.0 Å². The highest BCUT2D eigenvalue weighted by atomic mass is 35.5. The van der Waals surface area contributed by atoms with E-state index in [1.54, 1.807) is 0 Å². The van der Waals surface area contributed by atoms with Gasteiger partial charge in [0.2, 0.25) is 0 Å². The summed E-state index contributed by atoms with van der Waals surface area (Å²) in [4.78, 5) is 0. The lowest BCUT2D eigenvalue weighted by atomic mass is 9.70. The zero-order valence-electron chi connectivity index (χ0n) is 10.7. The molecule has 0 aliphatic heterocycles. The number of benzene rings is 1. The molecule has 1 saturated carbocycles. The molecule has 0 radical (unpaired) electrons. The highest BCUT2D eigenvalue weighted by Crippen LogP contribution is 2.36. The van der Waals surface area contributed by atoms with Gasteiger partial charge >= 0.3 is 0 Å². The number of rotatable bonds is 2. The van der Waals surface area contributed by atoms with Crippen LogP contribution in [-0.2, 0) is 6.42 Å². The van der Waals surface area contributed by atoms with E-state index in [0.717, 1.165) is 36.1 Å². The molecule has 1 fully saturated rings. The Balaban J connectivity index is 2.11. The van der Waals surface area contributed by atoms with E-state index in [2.05, 4.69) is 19.9 Å². The van der Waals surface area contributed by atoms with E-state index in [-0.39, 0.29) is 5.54 Å². The maximum atomic E-state index is 6.58. The van der Waals surface area contributed by atoms with E-state index >= 15 is 0 Å². The second-order valence-corrected chi connectivity index (χ2v) is 6.46. The molecular weight excluding hydrogens is 230 g/mol. The van der Waals surface area contributed by atoms with Crippen molar-refractivity contribution in [2.45, 2.75) is 45.1 Å². The minimum atomic E-state index is -0.0399. The van der Waals surface area contributed by atoms with Gasteiger partial charge in [0, 0.05) is 10.6 Å². The fourth-order valence-electron chi connectivity index (χ4n) is 3.52. The molecule has 1 aromatic carbocycles. The molecule has 1 nitrogen and oxygen atoms in total. The maximum absolute atomic E-state index is 6.58. The Bertz CT molecular complexity index is 378. The van der Waals surface area contributed by atoms with Crippen molar-refractivity contribution in [3.8, 4) is 0 Å². The van der Waals surface area contributed by atoms with Crippen LogP contribution in [0.5, 0.6) is 0 Å². The van der Waals surface area contributed by atoms with Gasteiger partial charge in [-0.2, -0.15) is 0 Å². The van der Waals surface area contributed by atoms with Gasteiger partial charge in [-0.15, -0.1) is 0 Å². The van der Waals surface area contributed by atoms with Crippen LogP contribution in [0.3, 0.4) is 0 Å². The number of halogens is 1. The highest BCUT2D eigenvalue weighted by Gasteiger charge is 2.34. The minimum absolute atomic E-state index is 0.0399. The monoisotopic (exact) mass is 251 g/mol. The summed E-state index contributed by atoms with van der Waals surface area (Å²) in [6, 6.07) is 8.10. The molecular formula is C15H22ClN. The van der Waals surface area contributed by atoms with Gasteiger partial charge in [-0.1, -0.05) is 37.6 Å². The predicted octanol–water partition coefficient (Wildman–Crippen LogP) is 4.04. The minimum Gasteiger partial charge on any atom is -0.325 e. The molecule has 17 heavy (non-hydrogen) atoms. The molecule has 2 unspecified atom stereocenters.